The van der Waals surface area contributed by atoms with Gasteiger partial charge >= 0.3 is 0 Å². The summed E-state index contributed by atoms with van der Waals surface area (Å²) < 4.78 is 0. The molecule has 1 atom stereocenters. The van der Waals surface area contributed by atoms with E-state index in [1.54, 1.807) is 12.1 Å². The third kappa shape index (κ3) is 3.68. The molecule has 0 bridgehead atoms. The van der Waals surface area contributed by atoms with Crippen LogP contribution in [0.2, 0.25) is 5.02 Å². The molecule has 0 saturated heterocycles. The Morgan fingerprint density at radius 3 is 2.84 bits per heavy atom. The molecule has 0 aromatic heterocycles. The highest BCUT2D eigenvalue weighted by Gasteiger charge is 2.30. The van der Waals surface area contributed by atoms with E-state index in [1.807, 2.05) is 31.2 Å². The topological polar surface area (TPSA) is 64.9 Å². The third-order valence-corrected chi connectivity index (χ3v) is 4.99. The van der Waals surface area contributed by atoms with Crippen LogP contribution in [0, 0.1) is 11.3 Å². The van der Waals surface area contributed by atoms with Crippen molar-refractivity contribution in [2.24, 2.45) is 0 Å². The van der Waals surface area contributed by atoms with E-state index in [2.05, 4.69) is 22.8 Å². The van der Waals surface area contributed by atoms with Gasteiger partial charge in [-0.05, 0) is 54.8 Å². The van der Waals surface area contributed by atoms with Crippen LogP contribution in [-0.4, -0.2) is 12.5 Å². The van der Waals surface area contributed by atoms with Gasteiger partial charge in [0.25, 0.3) is 5.91 Å². The highest BCUT2D eigenvalue weighted by molar-refractivity contribution is 6.31. The van der Waals surface area contributed by atoms with E-state index in [4.69, 9.17) is 11.6 Å². The summed E-state index contributed by atoms with van der Waals surface area (Å²) >= 11 is 6.48. The molecule has 1 heterocycles. The molecule has 2 aromatic carbocycles. The lowest BCUT2D eigenvalue weighted by Gasteiger charge is -2.31. The Balaban J connectivity index is 1.96. The average Bonchev–Trinajstić information content (AvgIpc) is 2.62. The molecular formula is C20H20ClN3O. The first kappa shape index (κ1) is 17.5. The summed E-state index contributed by atoms with van der Waals surface area (Å²) in [6, 6.07) is 15.1. The third-order valence-electron chi connectivity index (χ3n) is 4.65. The molecule has 2 N–H and O–H groups in total. The minimum atomic E-state index is -0.808. The van der Waals surface area contributed by atoms with Crippen molar-refractivity contribution in [1.82, 2.24) is 10.6 Å². The van der Waals surface area contributed by atoms with Crippen molar-refractivity contribution in [2.45, 2.75) is 31.8 Å². The van der Waals surface area contributed by atoms with Crippen LogP contribution >= 0.6 is 11.6 Å². The van der Waals surface area contributed by atoms with Crippen LogP contribution in [0.15, 0.2) is 42.5 Å². The number of fused-ring (bicyclic) bond motifs is 1. The Morgan fingerprint density at radius 2 is 2.12 bits per heavy atom. The lowest BCUT2D eigenvalue weighted by molar-refractivity contribution is 0.0906. The molecule has 0 spiro atoms. The van der Waals surface area contributed by atoms with Crippen molar-refractivity contribution < 1.29 is 4.79 Å². The number of carbonyl (C=O) groups is 1. The highest BCUT2D eigenvalue weighted by Crippen LogP contribution is 2.32. The van der Waals surface area contributed by atoms with Crippen LogP contribution in [-0.2, 0) is 18.5 Å². The first-order valence-electron chi connectivity index (χ1n) is 8.30. The highest BCUT2D eigenvalue weighted by atomic mass is 35.5. The summed E-state index contributed by atoms with van der Waals surface area (Å²) in [4.78, 5) is 12.6. The van der Waals surface area contributed by atoms with Gasteiger partial charge in [0.05, 0.1) is 18.0 Å². The number of carbonyl (C=O) groups excluding carboxylic acids is 1. The Hall–Kier alpha value is -2.35. The first-order valence-corrected chi connectivity index (χ1v) is 8.68. The van der Waals surface area contributed by atoms with E-state index < -0.39 is 5.54 Å². The van der Waals surface area contributed by atoms with Gasteiger partial charge in [0.2, 0.25) is 0 Å². The number of benzene rings is 2. The molecular weight excluding hydrogens is 334 g/mol. The molecule has 1 aliphatic rings. The number of nitrogens with zero attached hydrogens (tertiary/aromatic N) is 1. The van der Waals surface area contributed by atoms with Crippen LogP contribution in [0.5, 0.6) is 0 Å². The van der Waals surface area contributed by atoms with Gasteiger partial charge in [-0.25, -0.2) is 0 Å². The van der Waals surface area contributed by atoms with Gasteiger partial charge in [0.15, 0.2) is 0 Å². The second-order valence-electron chi connectivity index (χ2n) is 6.51. The minimum absolute atomic E-state index is 0.161. The number of amides is 1. The van der Waals surface area contributed by atoms with E-state index in [9.17, 15) is 10.1 Å². The molecule has 25 heavy (non-hydrogen) atoms. The fraction of sp³-hybridized carbons (Fsp3) is 0.300. The summed E-state index contributed by atoms with van der Waals surface area (Å²) in [6.45, 7) is 3.52. The minimum Gasteiger partial charge on any atom is -0.342 e. The predicted molar refractivity (Wildman–Crippen MR) is 98.4 cm³/mol. The lowest BCUT2D eigenvalue weighted by atomic mass is 9.85. The van der Waals surface area contributed by atoms with Crippen LogP contribution in [0.1, 0.15) is 40.4 Å². The fourth-order valence-electron chi connectivity index (χ4n) is 3.18. The molecule has 0 saturated carbocycles. The van der Waals surface area contributed by atoms with Gasteiger partial charge in [0.1, 0.15) is 0 Å². The summed E-state index contributed by atoms with van der Waals surface area (Å²) in [7, 11) is 0. The maximum atomic E-state index is 12.6. The van der Waals surface area contributed by atoms with Gasteiger partial charge in [-0.15, -0.1) is 0 Å². The number of nitrogens with one attached hydrogen (secondary N) is 2. The Labute approximate surface area is 152 Å². The van der Waals surface area contributed by atoms with E-state index >= 15 is 0 Å². The largest absolute Gasteiger partial charge is 0.342 e. The number of nitriles is 1. The number of hydrogen-bond acceptors (Lipinski definition) is 3. The second kappa shape index (κ2) is 7.26. The maximum Gasteiger partial charge on any atom is 0.251 e. The van der Waals surface area contributed by atoms with Crippen molar-refractivity contribution in [3.63, 3.8) is 0 Å². The smallest absolute Gasteiger partial charge is 0.251 e. The molecule has 1 aliphatic heterocycles. The monoisotopic (exact) mass is 353 g/mol. The fourth-order valence-corrected chi connectivity index (χ4v) is 3.51. The number of rotatable bonds is 4. The standard InChI is InChI=1S/C20H20ClN3O/c1-20(8-9-22,24-19(25)14-5-3-2-4-6-14)16-11-15-13-23-10-7-17(15)18(21)12-16/h2-6,11-12,23H,7-8,10,13H2,1H3,(H,24,25). The van der Waals surface area contributed by atoms with Crippen LogP contribution in [0.3, 0.4) is 0 Å². The molecule has 0 radical (unpaired) electrons. The van der Waals surface area contributed by atoms with Gasteiger partial charge in [-0.3, -0.25) is 4.79 Å². The van der Waals surface area contributed by atoms with E-state index in [-0.39, 0.29) is 12.3 Å². The first-order chi connectivity index (χ1) is 12.0. The van der Waals surface area contributed by atoms with Crippen LogP contribution in [0.4, 0.5) is 0 Å². The quantitative estimate of drug-likeness (QED) is 0.883. The van der Waals surface area contributed by atoms with Crippen molar-refractivity contribution in [2.75, 3.05) is 6.54 Å². The number of hydrogen-bond donors (Lipinski definition) is 2. The molecule has 128 valence electrons. The zero-order valence-electron chi connectivity index (χ0n) is 14.1. The molecule has 1 unspecified atom stereocenters. The molecule has 3 rings (SSSR count). The average molecular weight is 354 g/mol. The van der Waals surface area contributed by atoms with Gasteiger partial charge < -0.3 is 10.6 Å². The Morgan fingerprint density at radius 1 is 1.36 bits per heavy atom. The predicted octanol–water partition coefficient (Wildman–Crippen LogP) is 3.54. The summed E-state index contributed by atoms with van der Waals surface area (Å²) in [5.41, 5.74) is 2.89. The normalized spacial score (nSPS) is 15.6. The zero-order chi connectivity index (χ0) is 17.9. The second-order valence-corrected chi connectivity index (χ2v) is 6.92. The lowest BCUT2D eigenvalue weighted by Crippen LogP contribution is -2.43. The zero-order valence-corrected chi connectivity index (χ0v) is 14.9. The molecule has 0 aliphatic carbocycles. The van der Waals surface area contributed by atoms with E-state index in [1.165, 1.54) is 0 Å². The van der Waals surface area contributed by atoms with Crippen LogP contribution < -0.4 is 10.6 Å². The van der Waals surface area contributed by atoms with Crippen molar-refractivity contribution >= 4 is 17.5 Å². The molecule has 5 heteroatoms. The van der Waals surface area contributed by atoms with Gasteiger partial charge in [-0.2, -0.15) is 5.26 Å². The van der Waals surface area contributed by atoms with E-state index in [0.29, 0.717) is 10.6 Å². The summed E-state index contributed by atoms with van der Waals surface area (Å²) in [6.07, 6.45) is 1.05. The molecule has 2 aromatic rings. The maximum absolute atomic E-state index is 12.6. The summed E-state index contributed by atoms with van der Waals surface area (Å²) in [5.74, 6) is -0.203. The SMILES string of the molecule is CC(CC#N)(NC(=O)c1ccccc1)c1cc(Cl)c2c(c1)CNCC2. The van der Waals surface area contributed by atoms with E-state index in [0.717, 1.165) is 36.2 Å². The van der Waals surface area contributed by atoms with Gasteiger partial charge in [-0.1, -0.05) is 35.9 Å². The molecule has 0 fully saturated rings. The van der Waals surface area contributed by atoms with Crippen molar-refractivity contribution in [1.29, 1.82) is 5.26 Å². The Bertz CT molecular complexity index is 829. The molecule has 1 amide bonds. The van der Waals surface area contributed by atoms with Crippen molar-refractivity contribution in [3.05, 3.63) is 69.7 Å². The number of halogens is 1. The van der Waals surface area contributed by atoms with Crippen LogP contribution in [0.25, 0.3) is 0 Å². The van der Waals surface area contributed by atoms with Crippen molar-refractivity contribution in [3.8, 4) is 6.07 Å². The van der Waals surface area contributed by atoms with Gasteiger partial charge in [0, 0.05) is 17.1 Å². The Kier molecular flexibility index (Phi) is 5.08. The summed E-state index contributed by atoms with van der Waals surface area (Å²) in [5, 5.41) is 16.4. The molecule has 4 nitrogen and oxygen atoms in total.